The molecule has 1 aliphatic rings. The van der Waals surface area contributed by atoms with E-state index in [0.717, 1.165) is 24.1 Å². The quantitative estimate of drug-likeness (QED) is 0.437. The zero-order chi connectivity index (χ0) is 16.8. The van der Waals surface area contributed by atoms with Crippen LogP contribution in [0.25, 0.3) is 33.0 Å². The summed E-state index contributed by atoms with van der Waals surface area (Å²) in [5, 5.41) is 2.66. The third kappa shape index (κ3) is 2.16. The van der Waals surface area contributed by atoms with Crippen LogP contribution in [0.2, 0.25) is 0 Å². The van der Waals surface area contributed by atoms with E-state index in [0.29, 0.717) is 0 Å². The predicted molar refractivity (Wildman–Crippen MR) is 107 cm³/mol. The minimum Gasteiger partial charge on any atom is -0.398 e. The average Bonchev–Trinajstić information content (AvgIpc) is 2.67. The van der Waals surface area contributed by atoms with Crippen molar-refractivity contribution in [2.75, 3.05) is 5.73 Å². The Balaban J connectivity index is 1.95. The number of nitrogens with two attached hydrogens (primary N) is 1. The largest absolute Gasteiger partial charge is 0.398 e. The van der Waals surface area contributed by atoms with Gasteiger partial charge < -0.3 is 5.73 Å². The second-order valence-electron chi connectivity index (χ2n) is 6.74. The first-order chi connectivity index (χ1) is 12.3. The van der Waals surface area contributed by atoms with E-state index in [1.807, 2.05) is 12.1 Å². The lowest BCUT2D eigenvalue weighted by molar-refractivity contribution is 0.951. The topological polar surface area (TPSA) is 26.0 Å². The minimum absolute atomic E-state index is 0.836. The number of aryl methyl sites for hydroxylation is 2. The van der Waals surface area contributed by atoms with Crippen molar-refractivity contribution in [2.24, 2.45) is 0 Å². The second kappa shape index (κ2) is 5.49. The van der Waals surface area contributed by atoms with Crippen LogP contribution >= 0.6 is 0 Å². The van der Waals surface area contributed by atoms with Crippen molar-refractivity contribution in [1.82, 2.24) is 0 Å². The molecule has 1 heteroatoms. The Labute approximate surface area is 147 Å². The molecule has 0 spiro atoms. The van der Waals surface area contributed by atoms with Crippen LogP contribution in [-0.4, -0.2) is 0 Å². The normalized spacial score (nSPS) is 12.6. The highest BCUT2D eigenvalue weighted by Gasteiger charge is 2.22. The molecule has 0 bridgehead atoms. The number of rotatable bonds is 1. The van der Waals surface area contributed by atoms with Gasteiger partial charge >= 0.3 is 0 Å². The first kappa shape index (κ1) is 14.3. The van der Waals surface area contributed by atoms with Gasteiger partial charge in [0.05, 0.1) is 0 Å². The first-order valence-corrected chi connectivity index (χ1v) is 8.81. The van der Waals surface area contributed by atoms with Gasteiger partial charge in [0.2, 0.25) is 0 Å². The van der Waals surface area contributed by atoms with E-state index in [4.69, 9.17) is 5.73 Å². The molecule has 120 valence electrons. The number of hydrogen-bond acceptors (Lipinski definition) is 1. The molecule has 1 aliphatic carbocycles. The Kier molecular flexibility index (Phi) is 3.14. The molecular formula is C24H19N. The van der Waals surface area contributed by atoms with Gasteiger partial charge in [0.25, 0.3) is 0 Å². The van der Waals surface area contributed by atoms with Gasteiger partial charge in [0.1, 0.15) is 0 Å². The zero-order valence-electron chi connectivity index (χ0n) is 14.0. The third-order valence-electron chi connectivity index (χ3n) is 5.34. The van der Waals surface area contributed by atoms with Gasteiger partial charge in [-0.2, -0.15) is 0 Å². The van der Waals surface area contributed by atoms with Crippen LogP contribution < -0.4 is 5.73 Å². The van der Waals surface area contributed by atoms with E-state index in [1.54, 1.807) is 0 Å². The summed E-state index contributed by atoms with van der Waals surface area (Å²) >= 11 is 0. The SMILES string of the molecule is Nc1ccccc1-c1cc2ccccc2c2c1-c1ccccc1CC2. The average molecular weight is 321 g/mol. The lowest BCUT2D eigenvalue weighted by Gasteiger charge is -2.25. The number of benzene rings is 4. The van der Waals surface area contributed by atoms with Crippen molar-refractivity contribution in [2.45, 2.75) is 12.8 Å². The van der Waals surface area contributed by atoms with Crippen LogP contribution in [0.1, 0.15) is 11.1 Å². The number of anilines is 1. The van der Waals surface area contributed by atoms with Crippen molar-refractivity contribution >= 4 is 16.5 Å². The van der Waals surface area contributed by atoms with Gasteiger partial charge in [-0.15, -0.1) is 0 Å². The molecule has 0 heterocycles. The van der Waals surface area contributed by atoms with Crippen molar-refractivity contribution < 1.29 is 0 Å². The third-order valence-corrected chi connectivity index (χ3v) is 5.34. The highest BCUT2D eigenvalue weighted by Crippen LogP contribution is 2.45. The lowest BCUT2D eigenvalue weighted by atomic mass is 9.79. The molecule has 0 aromatic heterocycles. The standard InChI is InChI=1S/C24H19N/c25-23-12-6-5-11-20(23)22-15-17-8-2-3-9-18(17)21-14-13-16-7-1-4-10-19(16)24(21)22/h1-12,15H,13-14,25H2. The molecule has 0 radical (unpaired) electrons. The van der Waals surface area contributed by atoms with E-state index in [9.17, 15) is 0 Å². The molecule has 0 atom stereocenters. The van der Waals surface area contributed by atoms with Crippen LogP contribution in [0, 0.1) is 0 Å². The van der Waals surface area contributed by atoms with Gasteiger partial charge in [-0.25, -0.2) is 0 Å². The van der Waals surface area contributed by atoms with Crippen LogP contribution in [0.3, 0.4) is 0 Å². The summed E-state index contributed by atoms with van der Waals surface area (Å²) in [5.74, 6) is 0. The van der Waals surface area contributed by atoms with Crippen molar-refractivity contribution in [3.8, 4) is 22.3 Å². The van der Waals surface area contributed by atoms with E-state index < -0.39 is 0 Å². The van der Waals surface area contributed by atoms with Gasteiger partial charge in [0, 0.05) is 11.3 Å². The maximum atomic E-state index is 6.35. The number of fused-ring (bicyclic) bond motifs is 5. The smallest absolute Gasteiger partial charge is 0.0393 e. The van der Waals surface area contributed by atoms with Gasteiger partial charge in [-0.1, -0.05) is 66.7 Å². The monoisotopic (exact) mass is 321 g/mol. The van der Waals surface area contributed by atoms with Crippen LogP contribution in [0.15, 0.2) is 78.9 Å². The maximum Gasteiger partial charge on any atom is 0.0393 e. The molecule has 0 amide bonds. The molecule has 1 nitrogen and oxygen atoms in total. The maximum absolute atomic E-state index is 6.35. The minimum atomic E-state index is 0.836. The van der Waals surface area contributed by atoms with Crippen LogP contribution in [0.4, 0.5) is 5.69 Å². The molecule has 0 fully saturated rings. The summed E-state index contributed by atoms with van der Waals surface area (Å²) in [6, 6.07) is 28.0. The summed E-state index contributed by atoms with van der Waals surface area (Å²) in [6.45, 7) is 0. The van der Waals surface area contributed by atoms with Gasteiger partial charge in [0.15, 0.2) is 0 Å². The van der Waals surface area contributed by atoms with Crippen LogP contribution in [0.5, 0.6) is 0 Å². The fourth-order valence-electron chi connectivity index (χ4n) is 4.19. The Hall–Kier alpha value is -3.06. The van der Waals surface area contributed by atoms with E-state index in [1.165, 1.54) is 38.6 Å². The summed E-state index contributed by atoms with van der Waals surface area (Å²) in [6.07, 6.45) is 2.17. The molecule has 5 rings (SSSR count). The number of hydrogen-bond donors (Lipinski definition) is 1. The van der Waals surface area contributed by atoms with Crippen molar-refractivity contribution in [3.63, 3.8) is 0 Å². The summed E-state index contributed by atoms with van der Waals surface area (Å²) < 4.78 is 0. The summed E-state index contributed by atoms with van der Waals surface area (Å²) in [4.78, 5) is 0. The highest BCUT2D eigenvalue weighted by molar-refractivity contribution is 6.02. The molecule has 0 saturated carbocycles. The highest BCUT2D eigenvalue weighted by atomic mass is 14.6. The molecule has 4 aromatic rings. The van der Waals surface area contributed by atoms with Crippen LogP contribution in [-0.2, 0) is 12.8 Å². The van der Waals surface area contributed by atoms with Gasteiger partial charge in [-0.3, -0.25) is 0 Å². The first-order valence-electron chi connectivity index (χ1n) is 8.81. The van der Waals surface area contributed by atoms with E-state index >= 15 is 0 Å². The Morgan fingerprint density at radius 1 is 0.640 bits per heavy atom. The van der Waals surface area contributed by atoms with E-state index in [-0.39, 0.29) is 0 Å². The Morgan fingerprint density at radius 2 is 1.36 bits per heavy atom. The van der Waals surface area contributed by atoms with E-state index in [2.05, 4.69) is 66.7 Å². The number of para-hydroxylation sites is 1. The van der Waals surface area contributed by atoms with Crippen molar-refractivity contribution in [3.05, 3.63) is 90.0 Å². The Bertz CT molecular complexity index is 1110. The molecular weight excluding hydrogens is 302 g/mol. The summed E-state index contributed by atoms with van der Waals surface area (Å²) in [5.41, 5.74) is 15.2. The molecule has 4 aromatic carbocycles. The second-order valence-corrected chi connectivity index (χ2v) is 6.74. The molecule has 2 N–H and O–H groups in total. The zero-order valence-corrected chi connectivity index (χ0v) is 14.0. The summed E-state index contributed by atoms with van der Waals surface area (Å²) in [7, 11) is 0. The predicted octanol–water partition coefficient (Wildman–Crippen LogP) is 5.85. The molecule has 0 aliphatic heterocycles. The molecule has 25 heavy (non-hydrogen) atoms. The number of nitrogen functional groups attached to an aromatic ring is 1. The fourth-order valence-corrected chi connectivity index (χ4v) is 4.19. The van der Waals surface area contributed by atoms with Crippen molar-refractivity contribution in [1.29, 1.82) is 0 Å². The molecule has 0 saturated heterocycles. The Morgan fingerprint density at radius 3 is 2.24 bits per heavy atom. The lowest BCUT2D eigenvalue weighted by Crippen LogP contribution is -2.06. The molecule has 0 unspecified atom stereocenters. The van der Waals surface area contributed by atoms with Gasteiger partial charge in [-0.05, 0) is 63.6 Å². The fraction of sp³-hybridized carbons (Fsp3) is 0.0833.